The third-order valence-electron chi connectivity index (χ3n) is 4.44. The summed E-state index contributed by atoms with van der Waals surface area (Å²) in [5.41, 5.74) is 0. The number of nitrogens with zero attached hydrogens (tertiary/aromatic N) is 1. The van der Waals surface area contributed by atoms with Gasteiger partial charge in [0.25, 0.3) is 10.2 Å². The second-order valence-electron chi connectivity index (χ2n) is 6.32. The first-order valence-electron chi connectivity index (χ1n) is 7.61. The lowest BCUT2D eigenvalue weighted by Crippen LogP contribution is -2.46. The van der Waals surface area contributed by atoms with E-state index in [4.69, 9.17) is 0 Å². The summed E-state index contributed by atoms with van der Waals surface area (Å²) in [6.07, 6.45) is 6.97. The van der Waals surface area contributed by atoms with Crippen molar-refractivity contribution in [1.82, 2.24) is 14.3 Å². The predicted molar refractivity (Wildman–Crippen MR) is 75.0 cm³/mol. The van der Waals surface area contributed by atoms with Crippen LogP contribution in [0.4, 0.5) is 0 Å². The monoisotopic (exact) mass is 287 g/mol. The van der Waals surface area contributed by atoms with Crippen molar-refractivity contribution in [3.8, 4) is 0 Å². The first kappa shape index (κ1) is 13.8. The molecule has 1 saturated heterocycles. The average Bonchev–Trinajstić information content (AvgIpc) is 3.29. The summed E-state index contributed by atoms with van der Waals surface area (Å²) in [5.74, 6) is 1.24. The van der Waals surface area contributed by atoms with Crippen LogP contribution in [0.5, 0.6) is 0 Å². The fourth-order valence-corrected chi connectivity index (χ4v) is 3.93. The molecule has 0 aromatic carbocycles. The molecule has 0 amide bonds. The van der Waals surface area contributed by atoms with E-state index in [1.807, 2.05) is 0 Å². The van der Waals surface area contributed by atoms with Gasteiger partial charge < -0.3 is 5.32 Å². The maximum absolute atomic E-state index is 12.1. The molecule has 0 atom stereocenters. The molecule has 1 heterocycles. The Kier molecular flexibility index (Phi) is 4.12. The number of hydrogen-bond donors (Lipinski definition) is 2. The quantitative estimate of drug-likeness (QED) is 0.724. The summed E-state index contributed by atoms with van der Waals surface area (Å²) in [5, 5.41) is 3.54. The predicted octanol–water partition coefficient (Wildman–Crippen LogP) is 0.695. The van der Waals surface area contributed by atoms with Gasteiger partial charge in [0.2, 0.25) is 0 Å². The SMILES string of the molecule is O=S(=O)(NCC1CC1)N1CCC(CNC2CC2)CC1. The summed E-state index contributed by atoms with van der Waals surface area (Å²) in [7, 11) is -3.22. The molecule has 2 N–H and O–H groups in total. The molecular weight excluding hydrogens is 262 g/mol. The number of rotatable bonds is 7. The molecule has 0 radical (unpaired) electrons. The van der Waals surface area contributed by atoms with Crippen molar-refractivity contribution in [1.29, 1.82) is 0 Å². The third-order valence-corrected chi connectivity index (χ3v) is 6.01. The van der Waals surface area contributed by atoms with Crippen LogP contribution < -0.4 is 10.0 Å². The Balaban J connectivity index is 1.39. The Labute approximate surface area is 116 Å². The van der Waals surface area contributed by atoms with Crippen LogP contribution in [0.3, 0.4) is 0 Å². The minimum absolute atomic E-state index is 0.593. The van der Waals surface area contributed by atoms with Crippen molar-refractivity contribution >= 4 is 10.2 Å². The third kappa shape index (κ3) is 4.15. The number of nitrogens with one attached hydrogen (secondary N) is 2. The van der Waals surface area contributed by atoms with Crippen LogP contribution in [-0.4, -0.2) is 44.9 Å². The van der Waals surface area contributed by atoms with Gasteiger partial charge in [0.1, 0.15) is 0 Å². The van der Waals surface area contributed by atoms with E-state index in [1.165, 1.54) is 25.7 Å². The van der Waals surface area contributed by atoms with Gasteiger partial charge in [-0.05, 0) is 56.9 Å². The highest BCUT2D eigenvalue weighted by Crippen LogP contribution is 2.28. The standard InChI is InChI=1S/C13H25N3O2S/c17-19(18,15-10-11-1-2-11)16-7-5-12(6-8-16)9-14-13-3-4-13/h11-15H,1-10H2. The molecule has 2 aliphatic carbocycles. The highest BCUT2D eigenvalue weighted by Gasteiger charge is 2.30. The van der Waals surface area contributed by atoms with E-state index in [0.717, 1.165) is 25.4 Å². The molecule has 0 aromatic rings. The van der Waals surface area contributed by atoms with Crippen LogP contribution in [0.1, 0.15) is 38.5 Å². The van der Waals surface area contributed by atoms with Crippen molar-refractivity contribution in [3.63, 3.8) is 0 Å². The zero-order chi connectivity index (χ0) is 13.3. The zero-order valence-corrected chi connectivity index (χ0v) is 12.3. The number of hydrogen-bond acceptors (Lipinski definition) is 3. The highest BCUT2D eigenvalue weighted by molar-refractivity contribution is 7.87. The topological polar surface area (TPSA) is 61.4 Å². The van der Waals surface area contributed by atoms with Gasteiger partial charge in [0, 0.05) is 25.7 Å². The average molecular weight is 287 g/mol. The lowest BCUT2D eigenvalue weighted by molar-refractivity contribution is 0.264. The van der Waals surface area contributed by atoms with Crippen molar-refractivity contribution in [3.05, 3.63) is 0 Å². The van der Waals surface area contributed by atoms with Gasteiger partial charge in [-0.3, -0.25) is 0 Å². The van der Waals surface area contributed by atoms with E-state index in [-0.39, 0.29) is 0 Å². The molecule has 6 heteroatoms. The molecule has 3 fully saturated rings. The molecule has 3 aliphatic rings. The summed E-state index contributed by atoms with van der Waals surface area (Å²) < 4.78 is 28.6. The second kappa shape index (κ2) is 5.68. The Hall–Kier alpha value is -0.170. The number of piperidine rings is 1. The minimum atomic E-state index is -3.22. The molecule has 2 saturated carbocycles. The van der Waals surface area contributed by atoms with E-state index in [0.29, 0.717) is 31.5 Å². The molecule has 19 heavy (non-hydrogen) atoms. The van der Waals surface area contributed by atoms with E-state index < -0.39 is 10.2 Å². The second-order valence-corrected chi connectivity index (χ2v) is 8.08. The molecule has 5 nitrogen and oxygen atoms in total. The highest BCUT2D eigenvalue weighted by atomic mass is 32.2. The zero-order valence-electron chi connectivity index (χ0n) is 11.5. The first-order chi connectivity index (χ1) is 9.13. The van der Waals surface area contributed by atoms with Crippen LogP contribution in [0.2, 0.25) is 0 Å². The molecule has 110 valence electrons. The van der Waals surface area contributed by atoms with Crippen molar-refractivity contribution in [2.24, 2.45) is 11.8 Å². The fraction of sp³-hybridized carbons (Fsp3) is 1.00. The smallest absolute Gasteiger partial charge is 0.279 e. The Morgan fingerprint density at radius 2 is 1.53 bits per heavy atom. The fourth-order valence-electron chi connectivity index (χ4n) is 2.61. The summed E-state index contributed by atoms with van der Waals surface area (Å²) in [6.45, 7) is 3.05. The Bertz CT molecular complexity index is 396. The molecule has 0 aromatic heterocycles. The molecule has 0 bridgehead atoms. The van der Waals surface area contributed by atoms with Crippen LogP contribution >= 0.6 is 0 Å². The van der Waals surface area contributed by atoms with Gasteiger partial charge in [-0.15, -0.1) is 0 Å². The maximum Gasteiger partial charge on any atom is 0.279 e. The normalized spacial score (nSPS) is 26.7. The maximum atomic E-state index is 12.1. The van der Waals surface area contributed by atoms with E-state index in [9.17, 15) is 8.42 Å². The van der Waals surface area contributed by atoms with E-state index in [2.05, 4.69) is 10.0 Å². The molecule has 0 unspecified atom stereocenters. The van der Waals surface area contributed by atoms with Gasteiger partial charge in [-0.2, -0.15) is 12.7 Å². The first-order valence-corrected chi connectivity index (χ1v) is 9.05. The van der Waals surface area contributed by atoms with Crippen molar-refractivity contribution < 1.29 is 8.42 Å². The van der Waals surface area contributed by atoms with Crippen LogP contribution in [-0.2, 0) is 10.2 Å². The molecule has 0 spiro atoms. The van der Waals surface area contributed by atoms with Crippen LogP contribution in [0, 0.1) is 11.8 Å². The Morgan fingerprint density at radius 1 is 0.895 bits per heavy atom. The van der Waals surface area contributed by atoms with Crippen LogP contribution in [0.25, 0.3) is 0 Å². The van der Waals surface area contributed by atoms with Gasteiger partial charge in [0.15, 0.2) is 0 Å². The van der Waals surface area contributed by atoms with Crippen molar-refractivity contribution in [2.75, 3.05) is 26.2 Å². The molecular formula is C13H25N3O2S. The minimum Gasteiger partial charge on any atom is -0.314 e. The summed E-state index contributed by atoms with van der Waals surface area (Å²) >= 11 is 0. The lowest BCUT2D eigenvalue weighted by atomic mass is 9.98. The summed E-state index contributed by atoms with van der Waals surface area (Å²) in [4.78, 5) is 0. The van der Waals surface area contributed by atoms with Gasteiger partial charge in [-0.25, -0.2) is 4.72 Å². The van der Waals surface area contributed by atoms with Crippen molar-refractivity contribution in [2.45, 2.75) is 44.6 Å². The largest absolute Gasteiger partial charge is 0.314 e. The van der Waals surface area contributed by atoms with E-state index >= 15 is 0 Å². The van der Waals surface area contributed by atoms with Gasteiger partial charge in [-0.1, -0.05) is 0 Å². The summed E-state index contributed by atoms with van der Waals surface area (Å²) in [6, 6.07) is 0.752. The molecule has 3 rings (SSSR count). The Morgan fingerprint density at radius 3 is 2.11 bits per heavy atom. The van der Waals surface area contributed by atoms with Gasteiger partial charge >= 0.3 is 0 Å². The van der Waals surface area contributed by atoms with E-state index in [1.54, 1.807) is 4.31 Å². The van der Waals surface area contributed by atoms with Crippen LogP contribution in [0.15, 0.2) is 0 Å². The lowest BCUT2D eigenvalue weighted by Gasteiger charge is -2.31. The van der Waals surface area contributed by atoms with Gasteiger partial charge in [0.05, 0.1) is 0 Å². The molecule has 1 aliphatic heterocycles.